The standard InChI is InChI=1S/C16H17NO2/c1-12-4-2-7-15(10-12)19-9-8-16(18)13-5-3-6-14(17)11-13/h2-7,10-11H,8-9,17H2,1H3. The Kier molecular flexibility index (Phi) is 4.18. The summed E-state index contributed by atoms with van der Waals surface area (Å²) >= 11 is 0. The Hall–Kier alpha value is -2.29. The molecule has 2 aromatic rings. The first-order valence-corrected chi connectivity index (χ1v) is 6.23. The van der Waals surface area contributed by atoms with Gasteiger partial charge in [0.2, 0.25) is 0 Å². The topological polar surface area (TPSA) is 52.3 Å². The van der Waals surface area contributed by atoms with Crippen LogP contribution in [0.3, 0.4) is 0 Å². The third-order valence-corrected chi connectivity index (χ3v) is 2.80. The number of Topliss-reactive ketones (excluding diaryl/α,β-unsaturated/α-hetero) is 1. The second kappa shape index (κ2) is 6.05. The van der Waals surface area contributed by atoms with E-state index in [0.717, 1.165) is 11.3 Å². The van der Waals surface area contributed by atoms with E-state index in [-0.39, 0.29) is 5.78 Å². The zero-order valence-corrected chi connectivity index (χ0v) is 10.9. The fourth-order valence-corrected chi connectivity index (χ4v) is 1.82. The number of anilines is 1. The van der Waals surface area contributed by atoms with Crippen molar-refractivity contribution in [3.8, 4) is 5.75 Å². The van der Waals surface area contributed by atoms with Crippen LogP contribution in [0.1, 0.15) is 22.3 Å². The van der Waals surface area contributed by atoms with Crippen molar-refractivity contribution in [2.24, 2.45) is 0 Å². The van der Waals surface area contributed by atoms with Crippen LogP contribution in [0.25, 0.3) is 0 Å². The molecule has 0 aliphatic carbocycles. The normalized spacial score (nSPS) is 10.2. The lowest BCUT2D eigenvalue weighted by Crippen LogP contribution is -2.07. The first-order valence-electron chi connectivity index (χ1n) is 6.23. The molecule has 0 bridgehead atoms. The third-order valence-electron chi connectivity index (χ3n) is 2.80. The van der Waals surface area contributed by atoms with Crippen LogP contribution in [-0.2, 0) is 0 Å². The van der Waals surface area contributed by atoms with Crippen LogP contribution in [0.5, 0.6) is 5.75 Å². The maximum atomic E-state index is 11.9. The molecule has 0 saturated carbocycles. The Morgan fingerprint density at radius 2 is 1.95 bits per heavy atom. The molecule has 0 aliphatic heterocycles. The maximum absolute atomic E-state index is 11.9. The van der Waals surface area contributed by atoms with Gasteiger partial charge >= 0.3 is 0 Å². The average molecular weight is 255 g/mol. The van der Waals surface area contributed by atoms with Gasteiger partial charge in [-0.1, -0.05) is 24.3 Å². The van der Waals surface area contributed by atoms with Crippen molar-refractivity contribution >= 4 is 11.5 Å². The second-order valence-electron chi connectivity index (χ2n) is 4.46. The van der Waals surface area contributed by atoms with E-state index in [4.69, 9.17) is 10.5 Å². The van der Waals surface area contributed by atoms with Crippen molar-refractivity contribution < 1.29 is 9.53 Å². The highest BCUT2D eigenvalue weighted by atomic mass is 16.5. The van der Waals surface area contributed by atoms with E-state index in [9.17, 15) is 4.79 Å². The molecular weight excluding hydrogens is 238 g/mol. The highest BCUT2D eigenvalue weighted by Gasteiger charge is 2.06. The Bertz CT molecular complexity index is 578. The van der Waals surface area contributed by atoms with Crippen LogP contribution in [0.2, 0.25) is 0 Å². The van der Waals surface area contributed by atoms with Crippen molar-refractivity contribution in [3.05, 3.63) is 59.7 Å². The number of rotatable bonds is 5. The van der Waals surface area contributed by atoms with Gasteiger partial charge in [0.1, 0.15) is 5.75 Å². The van der Waals surface area contributed by atoms with Crippen LogP contribution in [0, 0.1) is 6.92 Å². The molecular formula is C16H17NO2. The third kappa shape index (κ3) is 3.85. The number of hydrogen-bond donors (Lipinski definition) is 1. The van der Waals surface area contributed by atoms with E-state index in [0.29, 0.717) is 24.3 Å². The molecule has 0 radical (unpaired) electrons. The first-order chi connectivity index (χ1) is 9.15. The van der Waals surface area contributed by atoms with Gasteiger partial charge in [0.25, 0.3) is 0 Å². The molecule has 0 unspecified atom stereocenters. The number of nitrogen functional groups attached to an aromatic ring is 1. The van der Waals surface area contributed by atoms with Crippen molar-refractivity contribution in [1.82, 2.24) is 0 Å². The summed E-state index contributed by atoms with van der Waals surface area (Å²) in [6.07, 6.45) is 0.345. The average Bonchev–Trinajstić information content (AvgIpc) is 2.38. The molecule has 0 atom stereocenters. The van der Waals surface area contributed by atoms with E-state index >= 15 is 0 Å². The molecule has 19 heavy (non-hydrogen) atoms. The van der Waals surface area contributed by atoms with Gasteiger partial charge < -0.3 is 10.5 Å². The van der Waals surface area contributed by atoms with Gasteiger partial charge in [0.05, 0.1) is 6.61 Å². The van der Waals surface area contributed by atoms with E-state index < -0.39 is 0 Å². The van der Waals surface area contributed by atoms with Crippen LogP contribution < -0.4 is 10.5 Å². The van der Waals surface area contributed by atoms with Crippen LogP contribution >= 0.6 is 0 Å². The molecule has 0 aliphatic rings. The first kappa shape index (κ1) is 13.1. The molecule has 2 rings (SSSR count). The van der Waals surface area contributed by atoms with Gasteiger partial charge in [0.15, 0.2) is 5.78 Å². The van der Waals surface area contributed by atoms with Crippen LogP contribution in [-0.4, -0.2) is 12.4 Å². The zero-order valence-electron chi connectivity index (χ0n) is 10.9. The van der Waals surface area contributed by atoms with Gasteiger partial charge in [-0.3, -0.25) is 4.79 Å². The van der Waals surface area contributed by atoms with E-state index in [2.05, 4.69) is 0 Å². The fourth-order valence-electron chi connectivity index (χ4n) is 1.82. The van der Waals surface area contributed by atoms with Gasteiger partial charge in [-0.05, 0) is 36.8 Å². The monoisotopic (exact) mass is 255 g/mol. The Balaban J connectivity index is 1.87. The summed E-state index contributed by atoms with van der Waals surface area (Å²) < 4.78 is 5.56. The highest BCUT2D eigenvalue weighted by Crippen LogP contribution is 2.13. The maximum Gasteiger partial charge on any atom is 0.166 e. The van der Waals surface area contributed by atoms with Crippen molar-refractivity contribution in [2.45, 2.75) is 13.3 Å². The van der Waals surface area contributed by atoms with Crippen molar-refractivity contribution in [3.63, 3.8) is 0 Å². The smallest absolute Gasteiger partial charge is 0.166 e. The number of ketones is 1. The van der Waals surface area contributed by atoms with Crippen molar-refractivity contribution in [2.75, 3.05) is 12.3 Å². The SMILES string of the molecule is Cc1cccc(OCCC(=O)c2cccc(N)c2)c1. The number of hydrogen-bond acceptors (Lipinski definition) is 3. The van der Waals surface area contributed by atoms with Crippen molar-refractivity contribution in [1.29, 1.82) is 0 Å². The molecule has 0 fully saturated rings. The molecule has 3 heteroatoms. The molecule has 0 aromatic heterocycles. The van der Waals surface area contributed by atoms with E-state index in [1.807, 2.05) is 31.2 Å². The molecule has 0 saturated heterocycles. The summed E-state index contributed by atoms with van der Waals surface area (Å²) in [5, 5.41) is 0. The van der Waals surface area contributed by atoms with E-state index in [1.165, 1.54) is 0 Å². The summed E-state index contributed by atoms with van der Waals surface area (Å²) in [6.45, 7) is 2.38. The highest BCUT2D eigenvalue weighted by molar-refractivity contribution is 5.96. The lowest BCUT2D eigenvalue weighted by molar-refractivity contribution is 0.0962. The van der Waals surface area contributed by atoms with Crippen LogP contribution in [0.15, 0.2) is 48.5 Å². The molecule has 0 heterocycles. The predicted molar refractivity (Wildman–Crippen MR) is 76.5 cm³/mol. The lowest BCUT2D eigenvalue weighted by atomic mass is 10.1. The minimum atomic E-state index is 0.0416. The molecule has 2 aromatic carbocycles. The summed E-state index contributed by atoms with van der Waals surface area (Å²) in [6, 6.07) is 14.8. The molecule has 0 amide bonds. The van der Waals surface area contributed by atoms with Gasteiger partial charge in [-0.15, -0.1) is 0 Å². The van der Waals surface area contributed by atoms with E-state index in [1.54, 1.807) is 24.3 Å². The fraction of sp³-hybridized carbons (Fsp3) is 0.188. The number of aryl methyl sites for hydroxylation is 1. The zero-order chi connectivity index (χ0) is 13.7. The summed E-state index contributed by atoms with van der Waals surface area (Å²) in [5.74, 6) is 0.834. The minimum absolute atomic E-state index is 0.0416. The van der Waals surface area contributed by atoms with Crippen LogP contribution in [0.4, 0.5) is 5.69 Å². The Morgan fingerprint density at radius 3 is 2.68 bits per heavy atom. The quantitative estimate of drug-likeness (QED) is 0.659. The van der Waals surface area contributed by atoms with Gasteiger partial charge in [-0.2, -0.15) is 0 Å². The molecule has 3 nitrogen and oxygen atoms in total. The minimum Gasteiger partial charge on any atom is -0.493 e. The number of carbonyl (C=O) groups is 1. The number of ether oxygens (including phenoxy) is 1. The second-order valence-corrected chi connectivity index (χ2v) is 4.46. The Morgan fingerprint density at radius 1 is 1.16 bits per heavy atom. The Labute approximate surface area is 113 Å². The number of benzene rings is 2. The summed E-state index contributed by atoms with van der Waals surface area (Å²) in [4.78, 5) is 11.9. The molecule has 98 valence electrons. The summed E-state index contributed by atoms with van der Waals surface area (Å²) in [7, 11) is 0. The van der Waals surface area contributed by atoms with Gasteiger partial charge in [0, 0.05) is 17.7 Å². The summed E-state index contributed by atoms with van der Waals surface area (Å²) in [5.41, 5.74) is 8.02. The number of nitrogens with two attached hydrogens (primary N) is 1. The molecule has 2 N–H and O–H groups in total. The number of carbonyl (C=O) groups excluding carboxylic acids is 1. The molecule has 0 spiro atoms. The predicted octanol–water partition coefficient (Wildman–Crippen LogP) is 3.23. The van der Waals surface area contributed by atoms with Gasteiger partial charge in [-0.25, -0.2) is 0 Å². The largest absolute Gasteiger partial charge is 0.493 e. The lowest BCUT2D eigenvalue weighted by Gasteiger charge is -2.06.